The molecule has 0 saturated heterocycles. The molecule has 8 heteroatoms. The molecule has 1 aromatic heterocycles. The van der Waals surface area contributed by atoms with E-state index in [4.69, 9.17) is 14.2 Å². The topological polar surface area (TPSA) is 94.1 Å². The quantitative estimate of drug-likeness (QED) is 0.873. The lowest BCUT2D eigenvalue weighted by Gasteiger charge is -2.20. The Morgan fingerprint density at radius 3 is 2.84 bits per heavy atom. The number of hydrogen-bond donors (Lipinski definition) is 2. The van der Waals surface area contributed by atoms with E-state index in [1.54, 1.807) is 18.2 Å². The molecule has 0 unspecified atom stereocenters. The zero-order chi connectivity index (χ0) is 17.4. The molecule has 0 radical (unpaired) electrons. The third kappa shape index (κ3) is 2.83. The number of amides is 1. The molecule has 25 heavy (non-hydrogen) atoms. The molecule has 130 valence electrons. The van der Waals surface area contributed by atoms with Gasteiger partial charge in [-0.3, -0.25) is 4.79 Å². The first-order valence-electron chi connectivity index (χ1n) is 7.80. The van der Waals surface area contributed by atoms with Gasteiger partial charge in [0.25, 0.3) is 5.91 Å². The first kappa shape index (κ1) is 15.9. The molecule has 3 heterocycles. The van der Waals surface area contributed by atoms with Crippen LogP contribution in [0.3, 0.4) is 0 Å². The highest BCUT2D eigenvalue weighted by Gasteiger charge is 2.28. The van der Waals surface area contributed by atoms with Crippen molar-refractivity contribution in [2.45, 2.75) is 13.0 Å². The van der Waals surface area contributed by atoms with Crippen molar-refractivity contribution in [3.05, 3.63) is 39.8 Å². The molecule has 4 rings (SSSR count). The Morgan fingerprint density at radius 1 is 1.16 bits per heavy atom. The summed E-state index contributed by atoms with van der Waals surface area (Å²) in [5, 5.41) is 12.6. The van der Waals surface area contributed by atoms with Gasteiger partial charge in [-0.05, 0) is 12.1 Å². The number of thiophene rings is 1. The van der Waals surface area contributed by atoms with Gasteiger partial charge in [-0.1, -0.05) is 6.07 Å². The molecule has 2 N–H and O–H groups in total. The Hall–Kier alpha value is -2.58. The largest absolute Gasteiger partial charge is 0.486 e. The summed E-state index contributed by atoms with van der Waals surface area (Å²) in [6.07, 6.45) is 0.647. The van der Waals surface area contributed by atoms with E-state index in [0.717, 1.165) is 4.88 Å². The molecule has 2 aliphatic heterocycles. The first-order chi connectivity index (χ1) is 12.1. The number of carboxylic acid groups (broad SMARTS) is 1. The summed E-state index contributed by atoms with van der Waals surface area (Å²) in [6.45, 7) is 1.60. The highest BCUT2D eigenvalue weighted by atomic mass is 32.1. The summed E-state index contributed by atoms with van der Waals surface area (Å²) < 4.78 is 16.4. The molecule has 7 nitrogen and oxygen atoms in total. The van der Waals surface area contributed by atoms with Crippen LogP contribution in [0, 0.1) is 0 Å². The third-order valence-electron chi connectivity index (χ3n) is 4.06. The fourth-order valence-corrected chi connectivity index (χ4v) is 4.12. The summed E-state index contributed by atoms with van der Waals surface area (Å²) in [5.74, 6) is -0.610. The summed E-state index contributed by atoms with van der Waals surface area (Å²) >= 11 is 1.29. The normalized spacial score (nSPS) is 15.4. The Balaban J connectivity index is 1.68. The van der Waals surface area contributed by atoms with Crippen LogP contribution in [0.25, 0.3) is 0 Å². The number of carbonyl (C=O) groups is 2. The van der Waals surface area contributed by atoms with E-state index < -0.39 is 11.9 Å². The lowest BCUT2D eigenvalue weighted by molar-refractivity contribution is 0.0685. The minimum atomic E-state index is -1.08. The Labute approximate surface area is 147 Å². The number of carboxylic acids is 1. The van der Waals surface area contributed by atoms with Gasteiger partial charge in [0.2, 0.25) is 0 Å². The molecule has 0 aliphatic carbocycles. The van der Waals surface area contributed by atoms with Crippen LogP contribution in [-0.2, 0) is 17.8 Å². The molecule has 1 aromatic carbocycles. The number of nitrogens with one attached hydrogen (secondary N) is 1. The van der Waals surface area contributed by atoms with Crippen molar-refractivity contribution in [2.24, 2.45) is 0 Å². The molecular weight excluding hydrogens is 346 g/mol. The highest BCUT2D eigenvalue weighted by Crippen LogP contribution is 2.38. The molecule has 1 amide bonds. The van der Waals surface area contributed by atoms with Crippen LogP contribution in [0.1, 0.15) is 31.2 Å². The van der Waals surface area contributed by atoms with Crippen LogP contribution in [0.2, 0.25) is 0 Å². The smallest absolute Gasteiger partial charge is 0.339 e. The summed E-state index contributed by atoms with van der Waals surface area (Å²) in [5.41, 5.74) is 1.07. The van der Waals surface area contributed by atoms with Gasteiger partial charge in [0.05, 0.1) is 24.3 Å². The molecule has 0 spiro atoms. The van der Waals surface area contributed by atoms with Crippen LogP contribution in [0.4, 0.5) is 5.00 Å². The first-order valence-corrected chi connectivity index (χ1v) is 8.62. The van der Waals surface area contributed by atoms with Gasteiger partial charge in [-0.25, -0.2) is 4.79 Å². The number of ether oxygens (including phenoxy) is 3. The average Bonchev–Trinajstić information content (AvgIpc) is 2.99. The van der Waals surface area contributed by atoms with Crippen LogP contribution < -0.4 is 14.8 Å². The maximum atomic E-state index is 12.7. The van der Waals surface area contributed by atoms with Crippen molar-refractivity contribution >= 4 is 28.2 Å². The Morgan fingerprint density at radius 2 is 2.00 bits per heavy atom. The van der Waals surface area contributed by atoms with E-state index in [1.807, 2.05) is 0 Å². The average molecular weight is 361 g/mol. The molecule has 2 aromatic rings. The van der Waals surface area contributed by atoms with E-state index in [9.17, 15) is 14.7 Å². The maximum absolute atomic E-state index is 12.7. The van der Waals surface area contributed by atoms with Gasteiger partial charge in [0, 0.05) is 16.9 Å². The third-order valence-corrected chi connectivity index (χ3v) is 5.27. The van der Waals surface area contributed by atoms with E-state index in [0.29, 0.717) is 53.9 Å². The lowest BCUT2D eigenvalue weighted by atomic mass is 10.1. The predicted molar refractivity (Wildman–Crippen MR) is 90.0 cm³/mol. The van der Waals surface area contributed by atoms with Gasteiger partial charge in [0.1, 0.15) is 18.2 Å². The van der Waals surface area contributed by atoms with Crippen LogP contribution in [0.5, 0.6) is 11.5 Å². The van der Waals surface area contributed by atoms with E-state index in [1.165, 1.54) is 11.3 Å². The number of benzene rings is 1. The highest BCUT2D eigenvalue weighted by molar-refractivity contribution is 7.17. The SMILES string of the molecule is O=C(Nc1sc2c(c1C(=O)O)COCC2)c1cccc2c1OCCO2. The van der Waals surface area contributed by atoms with Crippen molar-refractivity contribution < 1.29 is 28.9 Å². The van der Waals surface area contributed by atoms with Crippen molar-refractivity contribution in [2.75, 3.05) is 25.1 Å². The van der Waals surface area contributed by atoms with Gasteiger partial charge >= 0.3 is 5.97 Å². The van der Waals surface area contributed by atoms with E-state index in [-0.39, 0.29) is 12.2 Å². The second kappa shape index (κ2) is 6.38. The van der Waals surface area contributed by atoms with E-state index in [2.05, 4.69) is 5.32 Å². The number of carbonyl (C=O) groups excluding carboxylic acids is 1. The zero-order valence-corrected chi connectivity index (χ0v) is 14.0. The van der Waals surface area contributed by atoms with Crippen molar-refractivity contribution in [1.82, 2.24) is 0 Å². The number of hydrogen-bond acceptors (Lipinski definition) is 6. The van der Waals surface area contributed by atoms with Crippen molar-refractivity contribution in [3.63, 3.8) is 0 Å². The fourth-order valence-electron chi connectivity index (χ4n) is 2.94. The standard InChI is InChI=1S/C17H15NO6S/c19-15(9-2-1-3-11-14(9)24-7-6-23-11)18-16-13(17(20)21)10-8-22-5-4-12(10)25-16/h1-3H,4-8H2,(H,18,19)(H,20,21). The van der Waals surface area contributed by atoms with Crippen LogP contribution >= 0.6 is 11.3 Å². The van der Waals surface area contributed by atoms with Crippen LogP contribution in [-0.4, -0.2) is 36.8 Å². The van der Waals surface area contributed by atoms with Gasteiger partial charge in [0.15, 0.2) is 11.5 Å². The van der Waals surface area contributed by atoms with Gasteiger partial charge in [-0.15, -0.1) is 11.3 Å². The zero-order valence-electron chi connectivity index (χ0n) is 13.2. The monoisotopic (exact) mass is 361 g/mol. The summed E-state index contributed by atoms with van der Waals surface area (Å²) in [4.78, 5) is 25.3. The molecule has 0 saturated carbocycles. The fraction of sp³-hybridized carbons (Fsp3) is 0.294. The number of anilines is 1. The van der Waals surface area contributed by atoms with E-state index >= 15 is 0 Å². The minimum Gasteiger partial charge on any atom is -0.486 e. The summed E-state index contributed by atoms with van der Waals surface area (Å²) in [7, 11) is 0. The molecule has 0 fully saturated rings. The molecule has 2 aliphatic rings. The van der Waals surface area contributed by atoms with Crippen molar-refractivity contribution in [3.8, 4) is 11.5 Å². The summed E-state index contributed by atoms with van der Waals surface area (Å²) in [6, 6.07) is 5.06. The Bertz CT molecular complexity index is 859. The number of rotatable bonds is 3. The number of para-hydroxylation sites is 1. The second-order valence-corrected chi connectivity index (χ2v) is 6.70. The maximum Gasteiger partial charge on any atom is 0.339 e. The molecular formula is C17H15NO6S. The second-order valence-electron chi connectivity index (χ2n) is 5.60. The minimum absolute atomic E-state index is 0.106. The molecule has 0 atom stereocenters. The van der Waals surface area contributed by atoms with Crippen LogP contribution in [0.15, 0.2) is 18.2 Å². The van der Waals surface area contributed by atoms with Gasteiger partial charge in [-0.2, -0.15) is 0 Å². The molecule has 0 bridgehead atoms. The van der Waals surface area contributed by atoms with Gasteiger partial charge < -0.3 is 24.6 Å². The number of fused-ring (bicyclic) bond motifs is 2. The number of aromatic carboxylic acids is 1. The Kier molecular flexibility index (Phi) is 4.06. The lowest BCUT2D eigenvalue weighted by Crippen LogP contribution is -2.20. The predicted octanol–water partition coefficient (Wildman–Crippen LogP) is 2.54. The van der Waals surface area contributed by atoms with Crippen molar-refractivity contribution in [1.29, 1.82) is 0 Å².